The van der Waals surface area contributed by atoms with Gasteiger partial charge < -0.3 is 11.1 Å². The van der Waals surface area contributed by atoms with Crippen LogP contribution in [0.1, 0.15) is 31.4 Å². The fourth-order valence-electron chi connectivity index (χ4n) is 1.89. The van der Waals surface area contributed by atoms with Crippen molar-refractivity contribution in [1.82, 2.24) is 5.32 Å². The molecule has 0 fully saturated rings. The average Bonchev–Trinajstić information content (AvgIpc) is 2.42. The van der Waals surface area contributed by atoms with E-state index in [1.165, 1.54) is 12.1 Å². The topological polar surface area (TPSA) is 72.2 Å². The average molecular weight is 328 g/mol. The zero-order valence-electron chi connectivity index (χ0n) is 12.9. The van der Waals surface area contributed by atoms with Crippen molar-refractivity contribution in [2.75, 3.05) is 0 Å². The number of allylic oxidation sites excluding steroid dienone is 1. The van der Waals surface area contributed by atoms with Gasteiger partial charge in [0.25, 0.3) is 0 Å². The van der Waals surface area contributed by atoms with Crippen LogP contribution in [-0.4, -0.2) is 17.9 Å². The second-order valence-electron chi connectivity index (χ2n) is 5.41. The molecule has 0 heterocycles. The third-order valence-electron chi connectivity index (χ3n) is 3.06. The zero-order chi connectivity index (χ0) is 17.6. The Labute approximate surface area is 132 Å². The van der Waals surface area contributed by atoms with E-state index in [1.54, 1.807) is 6.08 Å². The summed E-state index contributed by atoms with van der Waals surface area (Å²) in [5.41, 5.74) is 5.57. The Balaban J connectivity index is 2.75. The fraction of sp³-hybridized carbons (Fsp3) is 0.375. The minimum atomic E-state index is -4.47. The number of primary amides is 1. The first kappa shape index (κ1) is 18.7. The van der Waals surface area contributed by atoms with Gasteiger partial charge in [-0.2, -0.15) is 13.2 Å². The highest BCUT2D eigenvalue weighted by Gasteiger charge is 2.30. The lowest BCUT2D eigenvalue weighted by Gasteiger charge is -2.14. The maximum absolute atomic E-state index is 12.6. The molecule has 0 saturated carbocycles. The number of nitrogens with two attached hydrogens (primary N) is 1. The van der Waals surface area contributed by atoms with Crippen LogP contribution >= 0.6 is 0 Å². The Hall–Kier alpha value is -2.31. The Morgan fingerprint density at radius 1 is 1.30 bits per heavy atom. The molecule has 23 heavy (non-hydrogen) atoms. The Kier molecular flexibility index (Phi) is 6.36. The van der Waals surface area contributed by atoms with Crippen molar-refractivity contribution < 1.29 is 22.8 Å². The Morgan fingerprint density at radius 3 is 2.48 bits per heavy atom. The highest BCUT2D eigenvalue weighted by atomic mass is 19.4. The van der Waals surface area contributed by atoms with E-state index in [0.29, 0.717) is 0 Å². The highest BCUT2D eigenvalue weighted by molar-refractivity contribution is 5.87. The number of alkyl halides is 3. The fourth-order valence-corrected chi connectivity index (χ4v) is 1.89. The SMILES string of the molecule is CC(C)=CC[C@@H](NC(=O)Cc1cccc(C(F)(F)F)c1)C(N)=O. The lowest BCUT2D eigenvalue weighted by molar-refractivity contribution is -0.137. The molecule has 2 amide bonds. The van der Waals surface area contributed by atoms with Gasteiger partial charge in [-0.3, -0.25) is 9.59 Å². The van der Waals surface area contributed by atoms with Crippen LogP contribution in [0.4, 0.5) is 13.2 Å². The molecule has 0 saturated heterocycles. The van der Waals surface area contributed by atoms with Crippen molar-refractivity contribution >= 4 is 11.8 Å². The van der Waals surface area contributed by atoms with Gasteiger partial charge in [0.05, 0.1) is 12.0 Å². The summed E-state index contributed by atoms with van der Waals surface area (Å²) in [6, 6.07) is 3.62. The van der Waals surface area contributed by atoms with E-state index in [0.717, 1.165) is 17.7 Å². The first-order valence-electron chi connectivity index (χ1n) is 6.97. The summed E-state index contributed by atoms with van der Waals surface area (Å²) in [6.07, 6.45) is -2.74. The van der Waals surface area contributed by atoms with Gasteiger partial charge in [0.15, 0.2) is 0 Å². The minimum absolute atomic E-state index is 0.211. The highest BCUT2D eigenvalue weighted by Crippen LogP contribution is 2.29. The van der Waals surface area contributed by atoms with Crippen LogP contribution in [0.3, 0.4) is 0 Å². The van der Waals surface area contributed by atoms with Crippen molar-refractivity contribution in [3.05, 3.63) is 47.0 Å². The Bertz CT molecular complexity index is 606. The molecule has 0 unspecified atom stereocenters. The number of carbonyl (C=O) groups excluding carboxylic acids is 2. The lowest BCUT2D eigenvalue weighted by Crippen LogP contribution is -2.44. The number of halogens is 3. The summed E-state index contributed by atoms with van der Waals surface area (Å²) < 4.78 is 37.9. The molecule has 0 bridgehead atoms. The molecule has 4 nitrogen and oxygen atoms in total. The number of benzene rings is 1. The number of rotatable bonds is 6. The van der Waals surface area contributed by atoms with Crippen molar-refractivity contribution in [1.29, 1.82) is 0 Å². The number of hydrogen-bond donors (Lipinski definition) is 2. The molecule has 0 aromatic heterocycles. The van der Waals surface area contributed by atoms with Gasteiger partial charge in [-0.1, -0.05) is 29.8 Å². The third kappa shape index (κ3) is 6.54. The molecule has 0 radical (unpaired) electrons. The summed E-state index contributed by atoms with van der Waals surface area (Å²) in [5.74, 6) is -1.25. The standard InChI is InChI=1S/C16H19F3N2O2/c1-10(2)6-7-13(15(20)23)21-14(22)9-11-4-3-5-12(8-11)16(17,18)19/h3-6,8,13H,7,9H2,1-2H3,(H2,20,23)(H,21,22)/t13-/m1/s1. The van der Waals surface area contributed by atoms with Crippen molar-refractivity contribution in [3.63, 3.8) is 0 Å². The number of amides is 2. The number of hydrogen-bond acceptors (Lipinski definition) is 2. The van der Waals surface area contributed by atoms with E-state index in [-0.39, 0.29) is 18.4 Å². The quantitative estimate of drug-likeness (QED) is 0.788. The van der Waals surface area contributed by atoms with Crippen LogP contribution in [0.2, 0.25) is 0 Å². The summed E-state index contributed by atoms with van der Waals surface area (Å²) in [5, 5.41) is 2.44. The first-order valence-corrected chi connectivity index (χ1v) is 6.97. The molecule has 3 N–H and O–H groups in total. The predicted octanol–water partition coefficient (Wildman–Crippen LogP) is 2.57. The van der Waals surface area contributed by atoms with Crippen LogP contribution in [-0.2, 0) is 22.2 Å². The van der Waals surface area contributed by atoms with E-state index >= 15 is 0 Å². The van der Waals surface area contributed by atoms with Gasteiger partial charge >= 0.3 is 6.18 Å². The van der Waals surface area contributed by atoms with Gasteiger partial charge in [-0.25, -0.2) is 0 Å². The van der Waals surface area contributed by atoms with E-state index in [1.807, 2.05) is 13.8 Å². The largest absolute Gasteiger partial charge is 0.416 e. The molecule has 0 aliphatic rings. The molecule has 1 aromatic rings. The van der Waals surface area contributed by atoms with Gasteiger partial charge in [0.1, 0.15) is 6.04 Å². The molecule has 7 heteroatoms. The third-order valence-corrected chi connectivity index (χ3v) is 3.06. The molecule has 1 aromatic carbocycles. The predicted molar refractivity (Wildman–Crippen MR) is 80.3 cm³/mol. The molecular weight excluding hydrogens is 309 g/mol. The van der Waals surface area contributed by atoms with E-state index < -0.39 is 29.6 Å². The smallest absolute Gasteiger partial charge is 0.368 e. The van der Waals surface area contributed by atoms with E-state index in [9.17, 15) is 22.8 Å². The molecular formula is C16H19F3N2O2. The molecule has 1 rings (SSSR count). The molecule has 0 aliphatic carbocycles. The molecule has 0 aliphatic heterocycles. The van der Waals surface area contributed by atoms with Crippen molar-refractivity contribution in [3.8, 4) is 0 Å². The monoisotopic (exact) mass is 328 g/mol. The van der Waals surface area contributed by atoms with Crippen LogP contribution < -0.4 is 11.1 Å². The molecule has 126 valence electrons. The maximum atomic E-state index is 12.6. The van der Waals surface area contributed by atoms with E-state index in [4.69, 9.17) is 5.73 Å². The van der Waals surface area contributed by atoms with E-state index in [2.05, 4.69) is 5.32 Å². The van der Waals surface area contributed by atoms with Gasteiger partial charge in [-0.15, -0.1) is 0 Å². The first-order chi connectivity index (χ1) is 10.6. The zero-order valence-corrected chi connectivity index (χ0v) is 12.9. The van der Waals surface area contributed by atoms with Crippen molar-refractivity contribution in [2.45, 2.75) is 38.9 Å². The van der Waals surface area contributed by atoms with Crippen LogP contribution in [0.15, 0.2) is 35.9 Å². The number of nitrogens with one attached hydrogen (secondary N) is 1. The maximum Gasteiger partial charge on any atom is 0.416 e. The van der Waals surface area contributed by atoms with Crippen LogP contribution in [0.5, 0.6) is 0 Å². The molecule has 1 atom stereocenters. The summed E-state index contributed by atoms with van der Waals surface area (Å²) in [4.78, 5) is 23.2. The summed E-state index contributed by atoms with van der Waals surface area (Å²) in [6.45, 7) is 3.67. The van der Waals surface area contributed by atoms with Gasteiger partial charge in [0.2, 0.25) is 11.8 Å². The van der Waals surface area contributed by atoms with Crippen LogP contribution in [0.25, 0.3) is 0 Å². The van der Waals surface area contributed by atoms with Crippen LogP contribution in [0, 0.1) is 0 Å². The second-order valence-corrected chi connectivity index (χ2v) is 5.41. The summed E-state index contributed by atoms with van der Waals surface area (Å²) >= 11 is 0. The minimum Gasteiger partial charge on any atom is -0.368 e. The lowest BCUT2D eigenvalue weighted by atomic mass is 10.1. The second kappa shape index (κ2) is 7.80. The van der Waals surface area contributed by atoms with Gasteiger partial charge in [-0.05, 0) is 31.9 Å². The normalized spacial score (nSPS) is 12.4. The Morgan fingerprint density at radius 2 is 1.96 bits per heavy atom. The molecule has 0 spiro atoms. The van der Waals surface area contributed by atoms with Crippen molar-refractivity contribution in [2.24, 2.45) is 5.73 Å². The summed E-state index contributed by atoms with van der Waals surface area (Å²) in [7, 11) is 0. The van der Waals surface area contributed by atoms with Gasteiger partial charge in [0, 0.05) is 0 Å². The number of carbonyl (C=O) groups is 2.